The van der Waals surface area contributed by atoms with E-state index in [1.807, 2.05) is 17.5 Å². The lowest BCUT2D eigenvalue weighted by atomic mass is 10.1. The van der Waals surface area contributed by atoms with E-state index in [9.17, 15) is 5.21 Å². The molecule has 0 radical (unpaired) electrons. The first-order valence-corrected chi connectivity index (χ1v) is 8.79. The summed E-state index contributed by atoms with van der Waals surface area (Å²) in [5.41, 5.74) is 2.81. The lowest BCUT2D eigenvalue weighted by Crippen LogP contribution is -2.03. The molecule has 0 bridgehead atoms. The van der Waals surface area contributed by atoms with Crippen molar-refractivity contribution in [2.45, 2.75) is 0 Å². The fraction of sp³-hybridized carbons (Fsp3) is 0. The standard InChI is InChI=1S/C18H11Cl2N3OS/c19-14-7-8-25-18(14)17(23-24)13-6-5-12(9-15(13)20)22-16-4-2-1-3-11(16)10-21/h1-9,22,24H. The minimum Gasteiger partial charge on any atom is -0.410 e. The Morgan fingerprint density at radius 3 is 2.56 bits per heavy atom. The van der Waals surface area contributed by atoms with Crippen LogP contribution >= 0.6 is 34.5 Å². The van der Waals surface area contributed by atoms with Crippen LogP contribution in [-0.4, -0.2) is 10.9 Å². The highest BCUT2D eigenvalue weighted by atomic mass is 35.5. The van der Waals surface area contributed by atoms with Crippen molar-refractivity contribution in [2.75, 3.05) is 5.32 Å². The van der Waals surface area contributed by atoms with Gasteiger partial charge in [-0.05, 0) is 41.8 Å². The molecule has 0 aliphatic carbocycles. The van der Waals surface area contributed by atoms with Crippen LogP contribution in [0.15, 0.2) is 59.1 Å². The monoisotopic (exact) mass is 387 g/mol. The van der Waals surface area contributed by atoms with Crippen LogP contribution in [-0.2, 0) is 0 Å². The molecule has 0 saturated heterocycles. The van der Waals surface area contributed by atoms with E-state index in [1.54, 1.807) is 36.4 Å². The molecule has 1 aromatic heterocycles. The quantitative estimate of drug-likeness (QED) is 0.332. The molecule has 0 atom stereocenters. The van der Waals surface area contributed by atoms with Gasteiger partial charge in [-0.2, -0.15) is 5.26 Å². The van der Waals surface area contributed by atoms with Crippen LogP contribution in [0.1, 0.15) is 16.0 Å². The van der Waals surface area contributed by atoms with E-state index < -0.39 is 0 Å². The number of nitrogens with one attached hydrogen (secondary N) is 1. The second-order valence-corrected chi connectivity index (χ2v) is 6.75. The maximum Gasteiger partial charge on any atom is 0.130 e. The largest absolute Gasteiger partial charge is 0.410 e. The Morgan fingerprint density at radius 1 is 1.12 bits per heavy atom. The zero-order chi connectivity index (χ0) is 17.8. The lowest BCUT2D eigenvalue weighted by molar-refractivity contribution is 0.320. The predicted molar refractivity (Wildman–Crippen MR) is 103 cm³/mol. The van der Waals surface area contributed by atoms with Gasteiger partial charge in [-0.25, -0.2) is 0 Å². The van der Waals surface area contributed by atoms with E-state index in [4.69, 9.17) is 28.5 Å². The smallest absolute Gasteiger partial charge is 0.130 e. The molecular formula is C18H11Cl2N3OS. The molecule has 2 aromatic carbocycles. The molecule has 2 N–H and O–H groups in total. The minimum absolute atomic E-state index is 0.314. The Kier molecular flexibility index (Phi) is 5.25. The number of rotatable bonds is 4. The normalized spacial score (nSPS) is 11.2. The first kappa shape index (κ1) is 17.3. The van der Waals surface area contributed by atoms with Crippen molar-refractivity contribution in [1.82, 2.24) is 0 Å². The van der Waals surface area contributed by atoms with Crippen LogP contribution in [0.25, 0.3) is 0 Å². The Bertz CT molecular complexity index is 992. The number of hydrogen-bond donors (Lipinski definition) is 2. The second kappa shape index (κ2) is 7.58. The minimum atomic E-state index is 0.314. The fourth-order valence-corrected chi connectivity index (χ4v) is 3.73. The topological polar surface area (TPSA) is 68.4 Å². The molecule has 3 aromatic rings. The molecule has 7 heteroatoms. The first-order valence-electron chi connectivity index (χ1n) is 7.15. The van der Waals surface area contributed by atoms with Gasteiger partial charge >= 0.3 is 0 Å². The molecule has 0 saturated carbocycles. The molecule has 0 aliphatic rings. The van der Waals surface area contributed by atoms with Crippen molar-refractivity contribution in [3.8, 4) is 6.07 Å². The van der Waals surface area contributed by atoms with E-state index in [1.165, 1.54) is 11.3 Å². The zero-order valence-corrected chi connectivity index (χ0v) is 15.0. The average Bonchev–Trinajstić information content (AvgIpc) is 3.04. The number of oxime groups is 1. The maximum atomic E-state index is 9.40. The second-order valence-electron chi connectivity index (χ2n) is 5.02. The van der Waals surface area contributed by atoms with Crippen molar-refractivity contribution >= 4 is 51.6 Å². The summed E-state index contributed by atoms with van der Waals surface area (Å²) >= 11 is 13.9. The molecule has 1 heterocycles. The number of hydrogen-bond acceptors (Lipinski definition) is 5. The predicted octanol–water partition coefficient (Wildman–Crippen LogP) is 5.90. The van der Waals surface area contributed by atoms with Crippen molar-refractivity contribution in [2.24, 2.45) is 5.16 Å². The van der Waals surface area contributed by atoms with Crippen LogP contribution in [0.3, 0.4) is 0 Å². The summed E-state index contributed by atoms with van der Waals surface area (Å²) in [6.07, 6.45) is 0. The Balaban J connectivity index is 1.94. The number of thiophene rings is 1. The molecule has 25 heavy (non-hydrogen) atoms. The molecule has 3 rings (SSSR count). The molecule has 4 nitrogen and oxygen atoms in total. The highest BCUT2D eigenvalue weighted by molar-refractivity contribution is 7.13. The summed E-state index contributed by atoms with van der Waals surface area (Å²) in [5.74, 6) is 0. The zero-order valence-electron chi connectivity index (χ0n) is 12.7. The van der Waals surface area contributed by atoms with Crippen LogP contribution < -0.4 is 5.32 Å². The van der Waals surface area contributed by atoms with Crippen LogP contribution in [0.2, 0.25) is 10.0 Å². The molecule has 0 unspecified atom stereocenters. The van der Waals surface area contributed by atoms with Crippen LogP contribution in [0.5, 0.6) is 0 Å². The van der Waals surface area contributed by atoms with E-state index in [2.05, 4.69) is 16.5 Å². The number of benzene rings is 2. The highest BCUT2D eigenvalue weighted by Crippen LogP contribution is 2.31. The van der Waals surface area contributed by atoms with E-state index in [0.717, 1.165) is 0 Å². The maximum absolute atomic E-state index is 9.40. The Hall–Kier alpha value is -2.52. The van der Waals surface area contributed by atoms with Crippen molar-refractivity contribution < 1.29 is 5.21 Å². The highest BCUT2D eigenvalue weighted by Gasteiger charge is 2.16. The van der Waals surface area contributed by atoms with Crippen molar-refractivity contribution in [3.05, 3.63) is 80.0 Å². The Labute approximate surface area is 158 Å². The van der Waals surface area contributed by atoms with Gasteiger partial charge in [-0.15, -0.1) is 11.3 Å². The van der Waals surface area contributed by atoms with Crippen molar-refractivity contribution in [3.63, 3.8) is 0 Å². The van der Waals surface area contributed by atoms with Gasteiger partial charge in [0.15, 0.2) is 0 Å². The summed E-state index contributed by atoms with van der Waals surface area (Å²) in [6.45, 7) is 0. The number of anilines is 2. The first-order chi connectivity index (χ1) is 12.1. The molecule has 0 fully saturated rings. The summed E-state index contributed by atoms with van der Waals surface area (Å²) in [6, 6.07) is 16.3. The molecule has 0 amide bonds. The number of halogens is 2. The molecular weight excluding hydrogens is 377 g/mol. The lowest BCUT2D eigenvalue weighted by Gasteiger charge is -2.11. The van der Waals surface area contributed by atoms with E-state index in [0.29, 0.717) is 43.1 Å². The molecule has 124 valence electrons. The number of nitrogens with zero attached hydrogens (tertiary/aromatic N) is 2. The third-order valence-electron chi connectivity index (χ3n) is 3.48. The Morgan fingerprint density at radius 2 is 1.92 bits per heavy atom. The van der Waals surface area contributed by atoms with Gasteiger partial charge in [-0.1, -0.05) is 40.5 Å². The number of nitriles is 1. The van der Waals surface area contributed by atoms with Gasteiger partial charge in [0, 0.05) is 11.3 Å². The van der Waals surface area contributed by atoms with Gasteiger partial charge in [0.05, 0.1) is 26.2 Å². The van der Waals surface area contributed by atoms with Gasteiger partial charge in [-0.3, -0.25) is 0 Å². The van der Waals surface area contributed by atoms with Crippen molar-refractivity contribution in [1.29, 1.82) is 5.26 Å². The third-order valence-corrected chi connectivity index (χ3v) is 5.14. The van der Waals surface area contributed by atoms with Gasteiger partial charge in [0.25, 0.3) is 0 Å². The summed E-state index contributed by atoms with van der Waals surface area (Å²) in [5, 5.41) is 27.8. The van der Waals surface area contributed by atoms with Gasteiger partial charge in [0.2, 0.25) is 0 Å². The van der Waals surface area contributed by atoms with Gasteiger partial charge < -0.3 is 10.5 Å². The summed E-state index contributed by atoms with van der Waals surface area (Å²) in [7, 11) is 0. The SMILES string of the molecule is N#Cc1ccccc1Nc1ccc(C(=NO)c2sccc2Cl)c(Cl)c1. The fourth-order valence-electron chi connectivity index (χ4n) is 2.31. The average molecular weight is 388 g/mol. The number of para-hydroxylation sites is 1. The van der Waals surface area contributed by atoms with Crippen LogP contribution in [0, 0.1) is 11.3 Å². The van der Waals surface area contributed by atoms with E-state index >= 15 is 0 Å². The van der Waals surface area contributed by atoms with E-state index in [-0.39, 0.29) is 0 Å². The van der Waals surface area contributed by atoms with Gasteiger partial charge in [0.1, 0.15) is 11.8 Å². The molecule has 0 aliphatic heterocycles. The van der Waals surface area contributed by atoms with Crippen LogP contribution in [0.4, 0.5) is 11.4 Å². The third kappa shape index (κ3) is 3.62. The summed E-state index contributed by atoms with van der Waals surface area (Å²) in [4.78, 5) is 0.640. The molecule has 0 spiro atoms. The summed E-state index contributed by atoms with van der Waals surface area (Å²) < 4.78 is 0.